The highest BCUT2D eigenvalue weighted by Crippen LogP contribution is 2.32. The van der Waals surface area contributed by atoms with E-state index in [9.17, 15) is 22.4 Å². The zero-order valence-electron chi connectivity index (χ0n) is 14.4. The van der Waals surface area contributed by atoms with Crippen LogP contribution in [0.5, 0.6) is 0 Å². The van der Waals surface area contributed by atoms with Crippen molar-refractivity contribution < 1.29 is 22.4 Å². The van der Waals surface area contributed by atoms with Gasteiger partial charge in [0.05, 0.1) is 11.1 Å². The van der Waals surface area contributed by atoms with Gasteiger partial charge in [-0.3, -0.25) is 4.79 Å². The Labute approximate surface area is 156 Å². The number of amides is 1. The number of pyridine rings is 1. The molecule has 28 heavy (non-hydrogen) atoms. The van der Waals surface area contributed by atoms with Crippen LogP contribution < -0.4 is 5.73 Å². The Morgan fingerprint density at radius 3 is 2.54 bits per heavy atom. The third-order valence-electron chi connectivity index (χ3n) is 3.74. The summed E-state index contributed by atoms with van der Waals surface area (Å²) in [4.78, 5) is 19.1. The van der Waals surface area contributed by atoms with E-state index in [0.717, 1.165) is 29.1 Å². The van der Waals surface area contributed by atoms with E-state index >= 15 is 0 Å². The molecule has 3 aromatic rings. The summed E-state index contributed by atoms with van der Waals surface area (Å²) >= 11 is 0. The summed E-state index contributed by atoms with van der Waals surface area (Å²) in [5.41, 5.74) is 5.32. The van der Waals surface area contributed by atoms with Gasteiger partial charge in [0.2, 0.25) is 5.95 Å². The Balaban J connectivity index is 1.99. The van der Waals surface area contributed by atoms with Crippen LogP contribution in [0, 0.1) is 12.9 Å². The second kappa shape index (κ2) is 7.22. The van der Waals surface area contributed by atoms with E-state index in [4.69, 9.17) is 5.73 Å². The number of aryl methyl sites for hydroxylation is 1. The molecule has 0 radical (unpaired) electrons. The van der Waals surface area contributed by atoms with Crippen LogP contribution in [0.3, 0.4) is 0 Å². The van der Waals surface area contributed by atoms with Crippen LogP contribution in [0.1, 0.15) is 16.7 Å². The minimum Gasteiger partial charge on any atom is -0.366 e. The monoisotopic (exact) mass is 391 g/mol. The molecule has 1 amide bonds. The predicted octanol–water partition coefficient (Wildman–Crippen LogP) is 3.29. The number of hydrogen-bond acceptors (Lipinski definition) is 4. The average molecular weight is 391 g/mol. The molecule has 0 saturated heterocycles. The lowest BCUT2D eigenvalue weighted by Gasteiger charge is -2.09. The molecule has 2 N–H and O–H groups in total. The molecule has 0 atom stereocenters. The van der Waals surface area contributed by atoms with Gasteiger partial charge in [0.1, 0.15) is 6.33 Å². The van der Waals surface area contributed by atoms with Crippen molar-refractivity contribution in [2.75, 3.05) is 0 Å². The fourth-order valence-electron chi connectivity index (χ4n) is 2.49. The topological polar surface area (TPSA) is 86.7 Å². The Morgan fingerprint density at radius 1 is 1.18 bits per heavy atom. The predicted molar refractivity (Wildman–Crippen MR) is 92.8 cm³/mol. The van der Waals surface area contributed by atoms with Gasteiger partial charge in [0.15, 0.2) is 5.82 Å². The first-order valence-corrected chi connectivity index (χ1v) is 7.87. The highest BCUT2D eigenvalue weighted by Gasteiger charge is 2.31. The van der Waals surface area contributed by atoms with Crippen LogP contribution in [0.2, 0.25) is 0 Å². The highest BCUT2D eigenvalue weighted by molar-refractivity contribution is 6.22. The molecule has 0 aliphatic rings. The van der Waals surface area contributed by atoms with Crippen molar-refractivity contribution in [1.29, 1.82) is 0 Å². The standard InChI is InChI=1S/C18H13F4N5O/c1-10-4-12(6-13(5-10)18(20,21)22)17-25-9-27(26-17)8-14(16(23)28)11-2-3-15(19)24-7-11/h2-9H,1H3,(H2,23,28)/b14-8+. The molecule has 0 unspecified atom stereocenters. The number of carbonyl (C=O) groups excluding carboxylic acids is 1. The molecule has 0 saturated carbocycles. The number of carbonyl (C=O) groups is 1. The van der Waals surface area contributed by atoms with Crippen molar-refractivity contribution in [2.24, 2.45) is 5.73 Å². The normalized spacial score (nSPS) is 12.2. The molecule has 0 aliphatic heterocycles. The smallest absolute Gasteiger partial charge is 0.366 e. The molecule has 0 fully saturated rings. The average Bonchev–Trinajstić information content (AvgIpc) is 3.08. The number of alkyl halides is 3. The number of nitrogens with two attached hydrogens (primary N) is 1. The van der Waals surface area contributed by atoms with Crippen molar-refractivity contribution in [3.63, 3.8) is 0 Å². The molecule has 10 heteroatoms. The Morgan fingerprint density at radius 2 is 1.93 bits per heavy atom. The van der Waals surface area contributed by atoms with Gasteiger partial charge in [-0.25, -0.2) is 14.6 Å². The maximum Gasteiger partial charge on any atom is 0.416 e. The molecule has 6 nitrogen and oxygen atoms in total. The van der Waals surface area contributed by atoms with Crippen molar-refractivity contribution in [2.45, 2.75) is 13.1 Å². The largest absolute Gasteiger partial charge is 0.416 e. The fraction of sp³-hybridized carbons (Fsp3) is 0.111. The van der Waals surface area contributed by atoms with Crippen molar-refractivity contribution in [3.05, 3.63) is 65.5 Å². The number of benzene rings is 1. The van der Waals surface area contributed by atoms with E-state index in [1.54, 1.807) is 0 Å². The van der Waals surface area contributed by atoms with E-state index in [1.165, 1.54) is 31.6 Å². The van der Waals surface area contributed by atoms with Crippen LogP contribution in [0.4, 0.5) is 17.6 Å². The lowest BCUT2D eigenvalue weighted by Crippen LogP contribution is -2.14. The van der Waals surface area contributed by atoms with Crippen LogP contribution in [-0.4, -0.2) is 25.7 Å². The third kappa shape index (κ3) is 4.22. The summed E-state index contributed by atoms with van der Waals surface area (Å²) in [5.74, 6) is -1.51. The van der Waals surface area contributed by atoms with Crippen molar-refractivity contribution in [3.8, 4) is 11.4 Å². The van der Waals surface area contributed by atoms with Crippen molar-refractivity contribution >= 4 is 17.7 Å². The molecule has 0 bridgehead atoms. The molecule has 2 aromatic heterocycles. The zero-order chi connectivity index (χ0) is 20.5. The minimum atomic E-state index is -4.50. The fourth-order valence-corrected chi connectivity index (χ4v) is 2.49. The van der Waals surface area contributed by atoms with Crippen LogP contribution in [-0.2, 0) is 11.0 Å². The second-order valence-electron chi connectivity index (χ2n) is 5.91. The summed E-state index contributed by atoms with van der Waals surface area (Å²) in [7, 11) is 0. The first kappa shape index (κ1) is 19.2. The summed E-state index contributed by atoms with van der Waals surface area (Å²) in [6.07, 6.45) is -0.934. The van der Waals surface area contributed by atoms with Gasteiger partial charge in [-0.1, -0.05) is 0 Å². The van der Waals surface area contributed by atoms with Gasteiger partial charge in [-0.2, -0.15) is 17.6 Å². The zero-order valence-corrected chi connectivity index (χ0v) is 14.4. The Hall–Kier alpha value is -3.56. The van der Waals surface area contributed by atoms with Gasteiger partial charge in [0, 0.05) is 23.5 Å². The second-order valence-corrected chi connectivity index (χ2v) is 5.91. The van der Waals surface area contributed by atoms with E-state index in [1.807, 2.05) is 0 Å². The van der Waals surface area contributed by atoms with E-state index < -0.39 is 23.6 Å². The summed E-state index contributed by atoms with van der Waals surface area (Å²) in [5, 5.41) is 4.07. The van der Waals surface area contributed by atoms with E-state index in [-0.39, 0.29) is 22.5 Å². The maximum absolute atomic E-state index is 13.0. The molecular weight excluding hydrogens is 378 g/mol. The first-order chi connectivity index (χ1) is 13.1. The lowest BCUT2D eigenvalue weighted by molar-refractivity contribution is -0.137. The Bertz CT molecular complexity index is 1050. The number of hydrogen-bond donors (Lipinski definition) is 1. The number of primary amides is 1. The van der Waals surface area contributed by atoms with Gasteiger partial charge in [-0.05, 0) is 42.8 Å². The van der Waals surface area contributed by atoms with Crippen molar-refractivity contribution in [1.82, 2.24) is 19.7 Å². The van der Waals surface area contributed by atoms with Crippen LogP contribution >= 0.6 is 0 Å². The Kier molecular flexibility index (Phi) is 4.95. The molecule has 3 rings (SSSR count). The van der Waals surface area contributed by atoms with Gasteiger partial charge in [-0.15, -0.1) is 5.10 Å². The van der Waals surface area contributed by atoms with Crippen LogP contribution in [0.15, 0.2) is 42.9 Å². The van der Waals surface area contributed by atoms with Gasteiger partial charge >= 0.3 is 6.18 Å². The molecule has 1 aromatic carbocycles. The minimum absolute atomic E-state index is 0.0239. The molecule has 0 spiro atoms. The number of nitrogens with zero attached hydrogens (tertiary/aromatic N) is 4. The van der Waals surface area contributed by atoms with Gasteiger partial charge < -0.3 is 5.73 Å². The maximum atomic E-state index is 13.0. The summed E-state index contributed by atoms with van der Waals surface area (Å²) < 4.78 is 53.1. The molecule has 0 aliphatic carbocycles. The third-order valence-corrected chi connectivity index (χ3v) is 3.74. The van der Waals surface area contributed by atoms with Gasteiger partial charge in [0.25, 0.3) is 5.91 Å². The summed E-state index contributed by atoms with van der Waals surface area (Å²) in [6.45, 7) is 1.53. The quantitative estimate of drug-likeness (QED) is 0.420. The lowest BCUT2D eigenvalue weighted by atomic mass is 10.1. The number of aromatic nitrogens is 4. The van der Waals surface area contributed by atoms with E-state index in [2.05, 4.69) is 15.1 Å². The number of halogens is 4. The summed E-state index contributed by atoms with van der Waals surface area (Å²) in [6, 6.07) is 5.84. The SMILES string of the molecule is Cc1cc(-c2ncn(/C=C(/C(N)=O)c3ccc(F)nc3)n2)cc(C(F)(F)F)c1. The molecule has 2 heterocycles. The number of rotatable bonds is 4. The molecular formula is C18H13F4N5O. The highest BCUT2D eigenvalue weighted by atomic mass is 19.4. The van der Waals surface area contributed by atoms with Crippen LogP contribution in [0.25, 0.3) is 23.2 Å². The first-order valence-electron chi connectivity index (χ1n) is 7.87. The molecule has 144 valence electrons. The van der Waals surface area contributed by atoms with E-state index in [0.29, 0.717) is 5.56 Å².